The number of fused-ring (bicyclic) bond motifs is 1. The van der Waals surface area contributed by atoms with Crippen LogP contribution in [-0.4, -0.2) is 77.9 Å². The third kappa shape index (κ3) is 6.10. The Balaban J connectivity index is 1.71. The molecule has 0 saturated carbocycles. The van der Waals surface area contributed by atoms with Crippen molar-refractivity contribution in [2.75, 3.05) is 56.9 Å². The molecule has 4 rings (SSSR count). The highest BCUT2D eigenvalue weighted by molar-refractivity contribution is 6.08. The maximum Gasteiger partial charge on any atom is 0.247 e. The Hall–Kier alpha value is -4.77. The number of nitrogens with one attached hydrogen (secondary N) is 3. The smallest absolute Gasteiger partial charge is 0.247 e. The second-order valence-corrected chi connectivity index (χ2v) is 9.44. The number of carbonyl (C=O) groups is 2. The summed E-state index contributed by atoms with van der Waals surface area (Å²) in [5, 5.41) is 6.97. The molecule has 0 bridgehead atoms. The van der Waals surface area contributed by atoms with E-state index < -0.39 is 0 Å². The minimum Gasteiger partial charge on any atom is -0.494 e. The lowest BCUT2D eigenvalue weighted by atomic mass is 10.1. The minimum atomic E-state index is -0.327. The molecule has 208 valence electrons. The molecule has 3 aromatic heterocycles. The number of benzene rings is 1. The van der Waals surface area contributed by atoms with Crippen LogP contribution in [0, 0.1) is 0 Å². The van der Waals surface area contributed by atoms with E-state index in [0.29, 0.717) is 46.4 Å². The number of likely N-dealkylation sites (N-methyl/N-ethyl adjacent to an activating group) is 2. The fourth-order valence-corrected chi connectivity index (χ4v) is 4.24. The van der Waals surface area contributed by atoms with Crippen molar-refractivity contribution < 1.29 is 14.3 Å². The van der Waals surface area contributed by atoms with Gasteiger partial charge in [0.05, 0.1) is 35.4 Å². The zero-order chi connectivity index (χ0) is 28.8. The number of aromatic amines is 1. The number of methoxy groups -OCH3 is 1. The number of rotatable bonds is 12. The van der Waals surface area contributed by atoms with Gasteiger partial charge in [0.1, 0.15) is 11.4 Å². The number of amides is 1. The van der Waals surface area contributed by atoms with Crippen molar-refractivity contribution in [2.45, 2.75) is 13.3 Å². The van der Waals surface area contributed by atoms with Crippen LogP contribution in [0.15, 0.2) is 55.5 Å². The Morgan fingerprint density at radius 3 is 2.58 bits per heavy atom. The van der Waals surface area contributed by atoms with E-state index in [-0.39, 0.29) is 11.7 Å². The Labute approximate surface area is 233 Å². The van der Waals surface area contributed by atoms with Crippen LogP contribution in [0.5, 0.6) is 5.75 Å². The maximum absolute atomic E-state index is 12.4. The van der Waals surface area contributed by atoms with Gasteiger partial charge in [0.15, 0.2) is 5.78 Å². The maximum atomic E-state index is 12.4. The summed E-state index contributed by atoms with van der Waals surface area (Å²) in [4.78, 5) is 45.3. The number of nitrogens with zero attached hydrogens (tertiary/aromatic N) is 5. The zero-order valence-electron chi connectivity index (χ0n) is 23.4. The molecule has 4 aromatic rings. The van der Waals surface area contributed by atoms with E-state index in [2.05, 4.69) is 37.1 Å². The molecule has 1 amide bonds. The van der Waals surface area contributed by atoms with Crippen molar-refractivity contribution in [3.63, 3.8) is 0 Å². The van der Waals surface area contributed by atoms with Gasteiger partial charge in [-0.3, -0.25) is 14.6 Å². The number of carbonyl (C=O) groups excluding carboxylic acids is 2. The third-order valence-electron chi connectivity index (χ3n) is 6.42. The fraction of sp³-hybridized carbons (Fsp3) is 0.276. The number of ether oxygens (including phenoxy) is 1. The van der Waals surface area contributed by atoms with Gasteiger partial charge in [-0.05, 0) is 38.4 Å². The van der Waals surface area contributed by atoms with Crippen LogP contribution in [0.1, 0.15) is 23.8 Å². The average molecular weight is 543 g/mol. The molecule has 0 aliphatic rings. The molecule has 0 aliphatic heterocycles. The highest BCUT2D eigenvalue weighted by Gasteiger charge is 2.18. The van der Waals surface area contributed by atoms with Crippen molar-refractivity contribution in [3.05, 3.63) is 61.2 Å². The predicted molar refractivity (Wildman–Crippen MR) is 159 cm³/mol. The van der Waals surface area contributed by atoms with E-state index in [1.54, 1.807) is 31.6 Å². The van der Waals surface area contributed by atoms with Crippen molar-refractivity contribution in [1.29, 1.82) is 0 Å². The number of ketones is 1. The number of hydrogen-bond donors (Lipinski definition) is 3. The molecule has 0 aliphatic carbocycles. The SMILES string of the molecule is C=CC(=O)Nc1cc(Nc2nccc(-c3c[nH]c4c(C(=O)CC)nccc34)n2)c(OC)cc1N(C)CCN(C)C. The van der Waals surface area contributed by atoms with Gasteiger partial charge in [-0.2, -0.15) is 0 Å². The van der Waals surface area contributed by atoms with Gasteiger partial charge < -0.3 is 30.2 Å². The van der Waals surface area contributed by atoms with E-state index >= 15 is 0 Å². The van der Waals surface area contributed by atoms with Crippen LogP contribution >= 0.6 is 0 Å². The molecule has 3 heterocycles. The van der Waals surface area contributed by atoms with Crippen molar-refractivity contribution in [1.82, 2.24) is 24.8 Å². The van der Waals surface area contributed by atoms with Gasteiger partial charge in [-0.1, -0.05) is 13.5 Å². The van der Waals surface area contributed by atoms with Crippen LogP contribution in [0.25, 0.3) is 22.2 Å². The predicted octanol–water partition coefficient (Wildman–Crippen LogP) is 4.49. The average Bonchev–Trinajstić information content (AvgIpc) is 3.40. The number of anilines is 4. The van der Waals surface area contributed by atoms with E-state index in [4.69, 9.17) is 9.72 Å². The quantitative estimate of drug-likeness (QED) is 0.175. The Morgan fingerprint density at radius 1 is 1.10 bits per heavy atom. The van der Waals surface area contributed by atoms with Crippen LogP contribution in [0.2, 0.25) is 0 Å². The van der Waals surface area contributed by atoms with E-state index in [9.17, 15) is 9.59 Å². The molecule has 1 aromatic carbocycles. The number of aromatic nitrogens is 4. The van der Waals surface area contributed by atoms with Gasteiger partial charge >= 0.3 is 0 Å². The molecule has 0 unspecified atom stereocenters. The van der Waals surface area contributed by atoms with E-state index in [0.717, 1.165) is 29.7 Å². The van der Waals surface area contributed by atoms with Crippen molar-refractivity contribution in [3.8, 4) is 17.0 Å². The van der Waals surface area contributed by atoms with Crippen molar-refractivity contribution >= 4 is 45.6 Å². The lowest BCUT2D eigenvalue weighted by Gasteiger charge is -2.26. The van der Waals surface area contributed by atoms with Crippen LogP contribution in [0.4, 0.5) is 23.0 Å². The summed E-state index contributed by atoms with van der Waals surface area (Å²) < 4.78 is 5.69. The second-order valence-electron chi connectivity index (χ2n) is 9.44. The summed E-state index contributed by atoms with van der Waals surface area (Å²) in [5.41, 5.74) is 4.51. The molecule has 11 nitrogen and oxygen atoms in total. The lowest BCUT2D eigenvalue weighted by Crippen LogP contribution is -2.29. The van der Waals surface area contributed by atoms with E-state index in [1.807, 2.05) is 51.3 Å². The molecular formula is C29H34N8O3. The first-order valence-corrected chi connectivity index (χ1v) is 12.9. The third-order valence-corrected chi connectivity index (χ3v) is 6.42. The number of H-pyrrole nitrogens is 1. The molecular weight excluding hydrogens is 508 g/mol. The Bertz CT molecular complexity index is 1550. The summed E-state index contributed by atoms with van der Waals surface area (Å²) >= 11 is 0. The van der Waals surface area contributed by atoms with Gasteiger partial charge in [0.25, 0.3) is 0 Å². The first-order chi connectivity index (χ1) is 19.2. The molecule has 3 N–H and O–H groups in total. The summed E-state index contributed by atoms with van der Waals surface area (Å²) in [7, 11) is 7.55. The van der Waals surface area contributed by atoms with Crippen LogP contribution in [0.3, 0.4) is 0 Å². The highest BCUT2D eigenvalue weighted by atomic mass is 16.5. The second kappa shape index (κ2) is 12.4. The minimum absolute atomic E-state index is 0.0358. The molecule has 0 fully saturated rings. The van der Waals surface area contributed by atoms with E-state index in [1.165, 1.54) is 6.08 Å². The Morgan fingerprint density at radius 2 is 1.88 bits per heavy atom. The van der Waals surface area contributed by atoms with Crippen LogP contribution in [-0.2, 0) is 4.79 Å². The lowest BCUT2D eigenvalue weighted by molar-refractivity contribution is -0.111. The standard InChI is InChI=1S/C29H34N8O3/c1-7-24(38)28-27-18(9-11-30-28)19(17-32-27)20-10-12-31-29(34-20)35-22-15-21(33-26(39)8-2)23(16-25(22)40-6)37(5)14-13-36(3)4/h8-12,15-17,32H,2,7,13-14H2,1,3-6H3,(H,33,39)(H,31,34,35). The molecule has 0 atom stereocenters. The summed E-state index contributed by atoms with van der Waals surface area (Å²) in [6, 6.07) is 7.30. The van der Waals surface area contributed by atoms with Gasteiger partial charge in [0, 0.05) is 62.2 Å². The topological polar surface area (TPSA) is 128 Å². The summed E-state index contributed by atoms with van der Waals surface area (Å²) in [6.45, 7) is 6.94. The Kier molecular flexibility index (Phi) is 8.75. The number of Topliss-reactive ketones (excluding diaryl/α,β-unsaturated/α-hetero) is 1. The first-order valence-electron chi connectivity index (χ1n) is 12.9. The summed E-state index contributed by atoms with van der Waals surface area (Å²) in [5.74, 6) is 0.523. The molecule has 11 heteroatoms. The fourth-order valence-electron chi connectivity index (χ4n) is 4.24. The van der Waals surface area contributed by atoms with Crippen LogP contribution < -0.4 is 20.3 Å². The molecule has 40 heavy (non-hydrogen) atoms. The zero-order valence-corrected chi connectivity index (χ0v) is 23.4. The van der Waals surface area contributed by atoms with Gasteiger partial charge in [-0.15, -0.1) is 0 Å². The monoisotopic (exact) mass is 542 g/mol. The largest absolute Gasteiger partial charge is 0.494 e. The normalized spacial score (nSPS) is 10.9. The van der Waals surface area contributed by atoms with Gasteiger partial charge in [0.2, 0.25) is 11.9 Å². The van der Waals surface area contributed by atoms with Crippen molar-refractivity contribution in [2.24, 2.45) is 0 Å². The van der Waals surface area contributed by atoms with Gasteiger partial charge in [-0.25, -0.2) is 9.97 Å². The molecule has 0 saturated heterocycles. The molecule has 0 spiro atoms. The number of hydrogen-bond acceptors (Lipinski definition) is 9. The number of pyridine rings is 1. The highest BCUT2D eigenvalue weighted by Crippen LogP contribution is 2.38. The molecule has 0 radical (unpaired) electrons. The first kappa shape index (κ1) is 28.2. The summed E-state index contributed by atoms with van der Waals surface area (Å²) in [6.07, 6.45) is 6.68.